The van der Waals surface area contributed by atoms with Gasteiger partial charge in [-0.25, -0.2) is 4.68 Å². The number of hydrogen-bond donors (Lipinski definition) is 0. The van der Waals surface area contributed by atoms with E-state index in [-0.39, 0.29) is 12.5 Å². The van der Waals surface area contributed by atoms with Crippen molar-refractivity contribution in [2.45, 2.75) is 13.1 Å². The molecular weight excluding hydrogens is 316 g/mol. The maximum Gasteiger partial charge on any atom is 0.244 e. The van der Waals surface area contributed by atoms with Crippen LogP contribution in [0.1, 0.15) is 5.56 Å². The van der Waals surface area contributed by atoms with E-state index in [1.807, 2.05) is 4.90 Å². The van der Waals surface area contributed by atoms with E-state index in [4.69, 9.17) is 0 Å². The van der Waals surface area contributed by atoms with Crippen LogP contribution in [0.5, 0.6) is 0 Å². The Hall–Kier alpha value is -2.80. The van der Waals surface area contributed by atoms with Crippen molar-refractivity contribution in [2.24, 2.45) is 0 Å². The summed E-state index contributed by atoms with van der Waals surface area (Å²) in [6.45, 7) is 4.36. The molecule has 0 unspecified atom stereocenters. The van der Waals surface area contributed by atoms with Crippen LogP contribution in [-0.4, -0.2) is 62.1 Å². The van der Waals surface area contributed by atoms with Crippen molar-refractivity contribution in [3.05, 3.63) is 54.4 Å². The van der Waals surface area contributed by atoms with Crippen molar-refractivity contribution in [1.29, 1.82) is 0 Å². The number of tetrazole rings is 1. The second-order valence-electron chi connectivity index (χ2n) is 6.30. The van der Waals surface area contributed by atoms with Crippen LogP contribution in [0.15, 0.2) is 48.8 Å². The highest BCUT2D eigenvalue weighted by molar-refractivity contribution is 5.85. The molecule has 0 bridgehead atoms. The molecule has 0 aliphatic carbocycles. The molecule has 1 aliphatic rings. The first-order chi connectivity index (χ1) is 12.3. The van der Waals surface area contributed by atoms with Gasteiger partial charge < -0.3 is 4.90 Å². The van der Waals surface area contributed by atoms with Crippen LogP contribution in [0.3, 0.4) is 0 Å². The molecule has 1 aliphatic heterocycles. The Bertz CT molecular complexity index is 850. The number of carbonyl (C=O) groups excluding carboxylic acids is 1. The van der Waals surface area contributed by atoms with E-state index < -0.39 is 0 Å². The molecule has 2 aromatic carbocycles. The molecule has 1 amide bonds. The lowest BCUT2D eigenvalue weighted by molar-refractivity contribution is -0.133. The molecule has 7 heteroatoms. The fourth-order valence-corrected chi connectivity index (χ4v) is 3.32. The van der Waals surface area contributed by atoms with E-state index in [1.165, 1.54) is 27.3 Å². The molecule has 3 aromatic rings. The molecule has 7 nitrogen and oxygen atoms in total. The Morgan fingerprint density at radius 1 is 1.00 bits per heavy atom. The summed E-state index contributed by atoms with van der Waals surface area (Å²) in [6, 6.07) is 14.9. The number of hydrogen-bond acceptors (Lipinski definition) is 5. The zero-order chi connectivity index (χ0) is 17.1. The average Bonchev–Trinajstić information content (AvgIpc) is 3.16. The number of rotatable bonds is 4. The Morgan fingerprint density at radius 2 is 1.80 bits per heavy atom. The van der Waals surface area contributed by atoms with Crippen LogP contribution in [-0.2, 0) is 17.9 Å². The van der Waals surface area contributed by atoms with Gasteiger partial charge in [-0.3, -0.25) is 9.69 Å². The summed E-state index contributed by atoms with van der Waals surface area (Å²) in [5.74, 6) is 0.0668. The van der Waals surface area contributed by atoms with E-state index in [1.54, 1.807) is 0 Å². The van der Waals surface area contributed by atoms with Gasteiger partial charge in [-0.1, -0.05) is 42.5 Å². The Balaban J connectivity index is 1.36. The monoisotopic (exact) mass is 336 g/mol. The van der Waals surface area contributed by atoms with Crippen molar-refractivity contribution < 1.29 is 4.79 Å². The van der Waals surface area contributed by atoms with Gasteiger partial charge in [0, 0.05) is 32.7 Å². The van der Waals surface area contributed by atoms with Crippen molar-refractivity contribution in [3.63, 3.8) is 0 Å². The van der Waals surface area contributed by atoms with Gasteiger partial charge in [-0.15, -0.1) is 5.10 Å². The lowest BCUT2D eigenvalue weighted by atomic mass is 10.0. The topological polar surface area (TPSA) is 67.2 Å². The third-order valence-electron chi connectivity index (χ3n) is 4.69. The number of fused-ring (bicyclic) bond motifs is 1. The predicted molar refractivity (Wildman–Crippen MR) is 93.6 cm³/mol. The SMILES string of the molecule is O=C(Cn1cnnn1)N1CCN(Cc2cccc3ccccc23)CC1. The fourth-order valence-electron chi connectivity index (χ4n) is 3.32. The quantitative estimate of drug-likeness (QED) is 0.715. The summed E-state index contributed by atoms with van der Waals surface area (Å²) in [7, 11) is 0. The first-order valence-electron chi connectivity index (χ1n) is 8.47. The van der Waals surface area contributed by atoms with Crippen LogP contribution in [0.2, 0.25) is 0 Å². The van der Waals surface area contributed by atoms with E-state index in [0.29, 0.717) is 0 Å². The average molecular weight is 336 g/mol. The molecule has 0 radical (unpaired) electrons. The summed E-state index contributed by atoms with van der Waals surface area (Å²) in [4.78, 5) is 16.6. The first-order valence-corrected chi connectivity index (χ1v) is 8.47. The van der Waals surface area contributed by atoms with Crippen molar-refractivity contribution >= 4 is 16.7 Å². The van der Waals surface area contributed by atoms with E-state index >= 15 is 0 Å². The number of amides is 1. The molecule has 0 spiro atoms. The molecule has 25 heavy (non-hydrogen) atoms. The van der Waals surface area contributed by atoms with Crippen LogP contribution < -0.4 is 0 Å². The molecule has 4 rings (SSSR count). The van der Waals surface area contributed by atoms with Crippen LogP contribution in [0.25, 0.3) is 10.8 Å². The number of aromatic nitrogens is 4. The lowest BCUT2D eigenvalue weighted by Gasteiger charge is -2.34. The molecule has 1 fully saturated rings. The molecule has 128 valence electrons. The fraction of sp³-hybridized carbons (Fsp3) is 0.333. The van der Waals surface area contributed by atoms with Crippen LogP contribution in [0, 0.1) is 0 Å². The van der Waals surface area contributed by atoms with Gasteiger partial charge in [0.05, 0.1) is 0 Å². The standard InChI is InChI=1S/C18H20N6O/c25-18(13-24-14-19-20-21-24)23-10-8-22(9-11-23)12-16-6-3-5-15-4-1-2-7-17(15)16/h1-7,14H,8-13H2. The van der Waals surface area contributed by atoms with Crippen molar-refractivity contribution in [2.75, 3.05) is 26.2 Å². The number of nitrogens with zero attached hydrogens (tertiary/aromatic N) is 6. The third-order valence-corrected chi connectivity index (χ3v) is 4.69. The van der Waals surface area contributed by atoms with Gasteiger partial charge in [-0.05, 0) is 26.8 Å². The Kier molecular flexibility index (Phi) is 4.39. The van der Waals surface area contributed by atoms with Gasteiger partial charge in [0.15, 0.2) is 0 Å². The minimum Gasteiger partial charge on any atom is -0.339 e. The Labute approximate surface area is 145 Å². The van der Waals surface area contributed by atoms with Gasteiger partial charge in [0.25, 0.3) is 0 Å². The summed E-state index contributed by atoms with van der Waals surface area (Å²) in [5, 5.41) is 13.4. The van der Waals surface area contributed by atoms with Gasteiger partial charge >= 0.3 is 0 Å². The summed E-state index contributed by atoms with van der Waals surface area (Å²) in [5.41, 5.74) is 1.34. The normalized spacial score (nSPS) is 15.6. The van der Waals surface area contributed by atoms with Gasteiger partial charge in [-0.2, -0.15) is 0 Å². The first kappa shape index (κ1) is 15.7. The summed E-state index contributed by atoms with van der Waals surface area (Å²) < 4.78 is 1.46. The van der Waals surface area contributed by atoms with Crippen LogP contribution in [0.4, 0.5) is 0 Å². The highest BCUT2D eigenvalue weighted by Crippen LogP contribution is 2.20. The smallest absolute Gasteiger partial charge is 0.244 e. The van der Waals surface area contributed by atoms with E-state index in [0.717, 1.165) is 32.7 Å². The van der Waals surface area contributed by atoms with E-state index in [9.17, 15) is 4.79 Å². The molecule has 0 N–H and O–H groups in total. The molecule has 1 saturated heterocycles. The van der Waals surface area contributed by atoms with Crippen LogP contribution >= 0.6 is 0 Å². The molecule has 2 heterocycles. The molecule has 0 atom stereocenters. The largest absolute Gasteiger partial charge is 0.339 e. The predicted octanol–water partition coefficient (Wildman–Crippen LogP) is 1.17. The van der Waals surface area contributed by atoms with E-state index in [2.05, 4.69) is 62.9 Å². The third kappa shape index (κ3) is 3.51. The van der Waals surface area contributed by atoms with Gasteiger partial charge in [0.1, 0.15) is 12.9 Å². The summed E-state index contributed by atoms with van der Waals surface area (Å²) >= 11 is 0. The zero-order valence-electron chi connectivity index (χ0n) is 14.0. The number of carbonyl (C=O) groups is 1. The minimum atomic E-state index is 0.0668. The van der Waals surface area contributed by atoms with Crippen molar-refractivity contribution in [1.82, 2.24) is 30.0 Å². The van der Waals surface area contributed by atoms with Crippen molar-refractivity contribution in [3.8, 4) is 0 Å². The molecular formula is C18H20N6O. The molecule has 1 aromatic heterocycles. The maximum atomic E-state index is 12.3. The maximum absolute atomic E-state index is 12.3. The summed E-state index contributed by atoms with van der Waals surface area (Å²) in [6.07, 6.45) is 1.47. The minimum absolute atomic E-state index is 0.0668. The molecule has 0 saturated carbocycles. The Morgan fingerprint density at radius 3 is 2.60 bits per heavy atom. The zero-order valence-corrected chi connectivity index (χ0v) is 14.0. The highest BCUT2D eigenvalue weighted by Gasteiger charge is 2.21. The number of piperazine rings is 1. The number of benzene rings is 2. The second-order valence-corrected chi connectivity index (χ2v) is 6.30. The van der Waals surface area contributed by atoms with Gasteiger partial charge in [0.2, 0.25) is 5.91 Å². The highest BCUT2D eigenvalue weighted by atomic mass is 16.2. The lowest BCUT2D eigenvalue weighted by Crippen LogP contribution is -2.49. The second kappa shape index (κ2) is 6.98.